The molecular formula is C10H10N4O. The Morgan fingerprint density at radius 1 is 1.33 bits per heavy atom. The largest absolute Gasteiger partial charge is 0.366 e. The molecule has 1 heterocycles. The zero-order valence-electron chi connectivity index (χ0n) is 8.21. The third-order valence-corrected chi connectivity index (χ3v) is 2.12. The Bertz CT molecular complexity index is 490. The first-order valence-corrected chi connectivity index (χ1v) is 4.45. The fourth-order valence-corrected chi connectivity index (χ4v) is 1.37. The van der Waals surface area contributed by atoms with Crippen molar-refractivity contribution in [3.8, 4) is 5.69 Å². The summed E-state index contributed by atoms with van der Waals surface area (Å²) in [7, 11) is 0. The standard InChI is InChI=1S/C10H10N4O/c1-7-6-8(10(11)15)2-3-9(7)14-12-4-5-13-14/h2-6H,1H3,(H2,11,15). The van der Waals surface area contributed by atoms with Crippen LogP contribution in [0.1, 0.15) is 15.9 Å². The van der Waals surface area contributed by atoms with Gasteiger partial charge in [0.05, 0.1) is 18.1 Å². The molecule has 0 aliphatic heterocycles. The van der Waals surface area contributed by atoms with Crippen LogP contribution < -0.4 is 5.73 Å². The summed E-state index contributed by atoms with van der Waals surface area (Å²) in [5, 5.41) is 8.02. The molecule has 76 valence electrons. The summed E-state index contributed by atoms with van der Waals surface area (Å²) in [4.78, 5) is 12.4. The van der Waals surface area contributed by atoms with E-state index in [1.54, 1.807) is 30.6 Å². The molecule has 0 aliphatic rings. The van der Waals surface area contributed by atoms with Gasteiger partial charge in [0.25, 0.3) is 0 Å². The number of nitrogens with two attached hydrogens (primary N) is 1. The van der Waals surface area contributed by atoms with Crippen molar-refractivity contribution in [2.75, 3.05) is 0 Å². The van der Waals surface area contributed by atoms with Gasteiger partial charge in [0.2, 0.25) is 5.91 Å². The normalized spacial score (nSPS) is 10.2. The van der Waals surface area contributed by atoms with E-state index in [0.717, 1.165) is 11.3 Å². The summed E-state index contributed by atoms with van der Waals surface area (Å²) in [6, 6.07) is 5.16. The Morgan fingerprint density at radius 2 is 2.00 bits per heavy atom. The van der Waals surface area contributed by atoms with Crippen molar-refractivity contribution in [2.24, 2.45) is 5.73 Å². The molecule has 5 heteroatoms. The van der Waals surface area contributed by atoms with Gasteiger partial charge in [-0.15, -0.1) is 0 Å². The minimum atomic E-state index is -0.432. The molecule has 2 rings (SSSR count). The Hall–Kier alpha value is -2.17. The Balaban J connectivity index is 2.48. The van der Waals surface area contributed by atoms with E-state index in [9.17, 15) is 4.79 Å². The number of benzene rings is 1. The summed E-state index contributed by atoms with van der Waals surface area (Å²) in [5.41, 5.74) is 7.41. The summed E-state index contributed by atoms with van der Waals surface area (Å²) in [5.74, 6) is -0.432. The van der Waals surface area contributed by atoms with Crippen LogP contribution in [0.5, 0.6) is 0 Å². The molecule has 2 aromatic rings. The fraction of sp³-hybridized carbons (Fsp3) is 0.100. The van der Waals surface area contributed by atoms with Crippen LogP contribution in [0, 0.1) is 6.92 Å². The predicted octanol–water partition coefficient (Wildman–Crippen LogP) is 0.675. The van der Waals surface area contributed by atoms with E-state index in [1.165, 1.54) is 4.80 Å². The van der Waals surface area contributed by atoms with E-state index in [1.807, 2.05) is 6.92 Å². The first kappa shape index (κ1) is 9.39. The first-order chi connectivity index (χ1) is 7.18. The van der Waals surface area contributed by atoms with Crippen molar-refractivity contribution in [1.82, 2.24) is 15.0 Å². The summed E-state index contributed by atoms with van der Waals surface area (Å²) in [6.07, 6.45) is 3.20. The van der Waals surface area contributed by atoms with E-state index in [4.69, 9.17) is 5.73 Å². The SMILES string of the molecule is Cc1cc(C(N)=O)ccc1-n1nccn1. The number of carbonyl (C=O) groups excluding carboxylic acids is 1. The highest BCUT2D eigenvalue weighted by Crippen LogP contribution is 2.13. The topological polar surface area (TPSA) is 73.8 Å². The fourth-order valence-electron chi connectivity index (χ4n) is 1.37. The quantitative estimate of drug-likeness (QED) is 0.778. The smallest absolute Gasteiger partial charge is 0.248 e. The van der Waals surface area contributed by atoms with Crippen molar-refractivity contribution in [3.05, 3.63) is 41.7 Å². The number of hydrogen-bond acceptors (Lipinski definition) is 3. The highest BCUT2D eigenvalue weighted by atomic mass is 16.1. The first-order valence-electron chi connectivity index (χ1n) is 4.45. The minimum Gasteiger partial charge on any atom is -0.366 e. The maximum atomic E-state index is 10.9. The number of carbonyl (C=O) groups is 1. The molecule has 2 N–H and O–H groups in total. The van der Waals surface area contributed by atoms with Crippen LogP contribution >= 0.6 is 0 Å². The molecule has 0 aliphatic carbocycles. The molecule has 0 atom stereocenters. The molecule has 1 aromatic heterocycles. The zero-order valence-corrected chi connectivity index (χ0v) is 8.21. The number of amides is 1. The van der Waals surface area contributed by atoms with Gasteiger partial charge in [0.1, 0.15) is 0 Å². The van der Waals surface area contributed by atoms with Gasteiger partial charge in [-0.3, -0.25) is 4.79 Å². The molecule has 0 bridgehead atoms. The van der Waals surface area contributed by atoms with Crippen molar-refractivity contribution in [1.29, 1.82) is 0 Å². The molecule has 0 radical (unpaired) electrons. The molecule has 0 unspecified atom stereocenters. The van der Waals surface area contributed by atoms with E-state index < -0.39 is 5.91 Å². The Labute approximate surface area is 86.5 Å². The van der Waals surface area contributed by atoms with Gasteiger partial charge in [0, 0.05) is 5.56 Å². The van der Waals surface area contributed by atoms with Gasteiger partial charge >= 0.3 is 0 Å². The van der Waals surface area contributed by atoms with Crippen molar-refractivity contribution in [3.63, 3.8) is 0 Å². The maximum Gasteiger partial charge on any atom is 0.248 e. The Morgan fingerprint density at radius 3 is 2.53 bits per heavy atom. The lowest BCUT2D eigenvalue weighted by molar-refractivity contribution is 0.1000. The van der Waals surface area contributed by atoms with E-state index in [2.05, 4.69) is 10.2 Å². The van der Waals surface area contributed by atoms with Crippen molar-refractivity contribution in [2.45, 2.75) is 6.92 Å². The van der Waals surface area contributed by atoms with Crippen LogP contribution in [-0.4, -0.2) is 20.9 Å². The van der Waals surface area contributed by atoms with Crippen LogP contribution in [0.15, 0.2) is 30.6 Å². The van der Waals surface area contributed by atoms with Crippen LogP contribution in [0.3, 0.4) is 0 Å². The van der Waals surface area contributed by atoms with Gasteiger partial charge in [-0.1, -0.05) is 0 Å². The van der Waals surface area contributed by atoms with Gasteiger partial charge in [-0.2, -0.15) is 15.0 Å². The number of hydrogen-bond donors (Lipinski definition) is 1. The second-order valence-corrected chi connectivity index (χ2v) is 3.18. The predicted molar refractivity (Wildman–Crippen MR) is 54.6 cm³/mol. The molecular weight excluding hydrogens is 192 g/mol. The number of rotatable bonds is 2. The number of primary amides is 1. The summed E-state index contributed by atoms with van der Waals surface area (Å²) in [6.45, 7) is 1.88. The molecule has 0 spiro atoms. The highest BCUT2D eigenvalue weighted by Gasteiger charge is 2.06. The van der Waals surface area contributed by atoms with Crippen LogP contribution in [0.2, 0.25) is 0 Å². The average molecular weight is 202 g/mol. The molecule has 5 nitrogen and oxygen atoms in total. The van der Waals surface area contributed by atoms with Crippen molar-refractivity contribution >= 4 is 5.91 Å². The maximum absolute atomic E-state index is 10.9. The number of nitrogens with zero attached hydrogens (tertiary/aromatic N) is 3. The van der Waals surface area contributed by atoms with Crippen LogP contribution in [-0.2, 0) is 0 Å². The van der Waals surface area contributed by atoms with Gasteiger partial charge in [-0.05, 0) is 30.7 Å². The third kappa shape index (κ3) is 1.71. The summed E-state index contributed by atoms with van der Waals surface area (Å²) >= 11 is 0. The lowest BCUT2D eigenvalue weighted by atomic mass is 10.1. The molecule has 15 heavy (non-hydrogen) atoms. The van der Waals surface area contributed by atoms with E-state index in [-0.39, 0.29) is 0 Å². The minimum absolute atomic E-state index is 0.432. The number of aromatic nitrogens is 3. The lowest BCUT2D eigenvalue weighted by Gasteiger charge is -2.05. The summed E-state index contributed by atoms with van der Waals surface area (Å²) < 4.78 is 0. The second kappa shape index (κ2) is 3.53. The monoisotopic (exact) mass is 202 g/mol. The van der Waals surface area contributed by atoms with Crippen molar-refractivity contribution < 1.29 is 4.79 Å². The van der Waals surface area contributed by atoms with Gasteiger partial charge < -0.3 is 5.73 Å². The third-order valence-electron chi connectivity index (χ3n) is 2.12. The van der Waals surface area contributed by atoms with E-state index in [0.29, 0.717) is 5.56 Å². The van der Waals surface area contributed by atoms with E-state index >= 15 is 0 Å². The second-order valence-electron chi connectivity index (χ2n) is 3.18. The van der Waals surface area contributed by atoms with Gasteiger partial charge in [0.15, 0.2) is 0 Å². The van der Waals surface area contributed by atoms with Crippen LogP contribution in [0.25, 0.3) is 5.69 Å². The molecule has 0 fully saturated rings. The zero-order chi connectivity index (χ0) is 10.8. The molecule has 0 saturated heterocycles. The molecule has 1 aromatic carbocycles. The highest BCUT2D eigenvalue weighted by molar-refractivity contribution is 5.93. The molecule has 1 amide bonds. The molecule has 0 saturated carbocycles. The average Bonchev–Trinajstić information content (AvgIpc) is 2.70. The Kier molecular flexibility index (Phi) is 2.21. The van der Waals surface area contributed by atoms with Crippen LogP contribution in [0.4, 0.5) is 0 Å². The number of aryl methyl sites for hydroxylation is 1. The van der Waals surface area contributed by atoms with Gasteiger partial charge in [-0.25, -0.2) is 0 Å². The lowest BCUT2D eigenvalue weighted by Crippen LogP contribution is -2.12.